The quantitative estimate of drug-likeness (QED) is 0.379. The van der Waals surface area contributed by atoms with E-state index in [-0.39, 0.29) is 11.4 Å². The number of aromatic nitrogens is 2. The van der Waals surface area contributed by atoms with Gasteiger partial charge >= 0.3 is 0 Å². The Labute approximate surface area is 160 Å². The molecule has 0 bridgehead atoms. The van der Waals surface area contributed by atoms with Crippen molar-refractivity contribution in [3.8, 4) is 34.5 Å². The monoisotopic (exact) mass is 357 g/mol. The molecule has 0 amide bonds. The second-order valence-electron chi connectivity index (χ2n) is 5.81. The lowest BCUT2D eigenvalue weighted by Crippen LogP contribution is -2.04. The van der Waals surface area contributed by atoms with Gasteiger partial charge in [-0.15, -0.1) is 4.95 Å². The van der Waals surface area contributed by atoms with E-state index in [1.54, 1.807) is 12.1 Å². The summed E-state index contributed by atoms with van der Waals surface area (Å²) >= 11 is 0. The SMILES string of the molecule is [C-]#[N+]/N=C1/c2ccc(-c3ccc([N+]#[C-])cc3)cc2-c2nc(C#N)c(C#N)nc21. The summed E-state index contributed by atoms with van der Waals surface area (Å²) in [6.07, 6.45) is 0. The van der Waals surface area contributed by atoms with Gasteiger partial charge in [0, 0.05) is 11.1 Å². The molecule has 7 heteroatoms. The van der Waals surface area contributed by atoms with Gasteiger partial charge in [-0.05, 0) is 17.2 Å². The molecule has 7 nitrogen and oxygen atoms in total. The highest BCUT2D eigenvalue weighted by Gasteiger charge is 2.32. The zero-order valence-corrected chi connectivity index (χ0v) is 14.2. The minimum Gasteiger partial charge on any atom is -0.238 e. The maximum absolute atomic E-state index is 9.27. The molecular weight excluding hydrogens is 350 g/mol. The van der Waals surface area contributed by atoms with Crippen LogP contribution < -0.4 is 0 Å². The topological polar surface area (TPSA) is 94.4 Å². The number of hydrogen-bond donors (Lipinski definition) is 0. The molecule has 28 heavy (non-hydrogen) atoms. The molecule has 0 saturated carbocycles. The summed E-state index contributed by atoms with van der Waals surface area (Å²) in [5.41, 5.74) is 4.63. The van der Waals surface area contributed by atoms with Crippen molar-refractivity contribution >= 4 is 11.4 Å². The lowest BCUT2D eigenvalue weighted by Gasteiger charge is -2.05. The van der Waals surface area contributed by atoms with Crippen molar-refractivity contribution in [3.05, 3.63) is 88.1 Å². The summed E-state index contributed by atoms with van der Waals surface area (Å²) < 4.78 is 0. The molecule has 0 N–H and O–H groups in total. The first-order valence-electron chi connectivity index (χ1n) is 8.00. The Morgan fingerprint density at radius 3 is 2.07 bits per heavy atom. The van der Waals surface area contributed by atoms with Crippen molar-refractivity contribution in [2.45, 2.75) is 0 Å². The average molecular weight is 357 g/mol. The minimum atomic E-state index is -0.0957. The van der Waals surface area contributed by atoms with Crippen molar-refractivity contribution < 1.29 is 0 Å². The van der Waals surface area contributed by atoms with E-state index in [4.69, 9.17) is 13.1 Å². The van der Waals surface area contributed by atoms with Gasteiger partial charge in [0.05, 0.1) is 11.7 Å². The number of hydrogen-bond acceptors (Lipinski definition) is 5. The van der Waals surface area contributed by atoms with E-state index in [1.807, 2.05) is 42.5 Å². The van der Waals surface area contributed by atoms with Crippen LogP contribution in [0.5, 0.6) is 0 Å². The lowest BCUT2D eigenvalue weighted by molar-refractivity contribution is 1.13. The summed E-state index contributed by atoms with van der Waals surface area (Å²) in [6, 6.07) is 16.5. The van der Waals surface area contributed by atoms with Crippen LogP contribution in [-0.4, -0.2) is 15.7 Å². The van der Waals surface area contributed by atoms with E-state index in [1.165, 1.54) is 0 Å². The van der Waals surface area contributed by atoms with E-state index in [9.17, 15) is 10.5 Å². The Kier molecular flexibility index (Phi) is 3.83. The maximum Gasteiger partial charge on any atom is 0.187 e. The summed E-state index contributed by atoms with van der Waals surface area (Å²) in [5.74, 6) is 0. The second kappa shape index (κ2) is 6.46. The normalized spacial score (nSPS) is 12.2. The molecule has 1 aliphatic rings. The van der Waals surface area contributed by atoms with Crippen LogP contribution >= 0.6 is 0 Å². The van der Waals surface area contributed by atoms with E-state index in [0.717, 1.165) is 11.1 Å². The molecule has 0 radical (unpaired) electrons. The van der Waals surface area contributed by atoms with Gasteiger partial charge in [0.25, 0.3) is 0 Å². The van der Waals surface area contributed by atoms with Crippen LogP contribution in [0.15, 0.2) is 47.6 Å². The third kappa shape index (κ3) is 2.45. The first-order valence-corrected chi connectivity index (χ1v) is 8.00. The van der Waals surface area contributed by atoms with E-state index < -0.39 is 0 Å². The smallest absolute Gasteiger partial charge is 0.187 e. The van der Waals surface area contributed by atoms with Gasteiger partial charge in [-0.2, -0.15) is 17.1 Å². The van der Waals surface area contributed by atoms with Gasteiger partial charge in [-0.1, -0.05) is 36.4 Å². The summed E-state index contributed by atoms with van der Waals surface area (Å²) in [5, 5.41) is 22.3. The predicted molar refractivity (Wildman–Crippen MR) is 101 cm³/mol. The predicted octanol–water partition coefficient (Wildman–Crippen LogP) is 4.09. The summed E-state index contributed by atoms with van der Waals surface area (Å²) in [4.78, 5) is 15.0. The second-order valence-corrected chi connectivity index (χ2v) is 5.81. The van der Waals surface area contributed by atoms with Crippen molar-refractivity contribution in [1.82, 2.24) is 9.97 Å². The Hall–Kier alpha value is -4.85. The van der Waals surface area contributed by atoms with E-state index >= 15 is 0 Å². The van der Waals surface area contributed by atoms with Gasteiger partial charge in [-0.3, -0.25) is 0 Å². The molecule has 126 valence electrons. The standard InChI is InChI=1S/C21H7N7/c1-24-14-6-3-12(4-7-14)13-5-8-15-16(9-13)19-21(20(15)28-25-2)27-18(11-23)17(10-22)26-19/h3-9H/b28-20-. The molecule has 1 aromatic heterocycles. The number of benzene rings is 2. The van der Waals surface area contributed by atoms with Gasteiger partial charge < -0.3 is 0 Å². The molecule has 1 aliphatic carbocycles. The Morgan fingerprint density at radius 2 is 1.46 bits per heavy atom. The van der Waals surface area contributed by atoms with Gasteiger partial charge in [0.1, 0.15) is 23.5 Å². The van der Waals surface area contributed by atoms with Crippen LogP contribution in [0.3, 0.4) is 0 Å². The first-order chi connectivity index (χ1) is 13.7. The van der Waals surface area contributed by atoms with Crippen LogP contribution in [0, 0.1) is 35.8 Å². The van der Waals surface area contributed by atoms with E-state index in [0.29, 0.717) is 33.9 Å². The van der Waals surface area contributed by atoms with Crippen molar-refractivity contribution in [2.24, 2.45) is 5.10 Å². The number of nitriles is 2. The Morgan fingerprint density at radius 1 is 0.821 bits per heavy atom. The van der Waals surface area contributed by atoms with Crippen molar-refractivity contribution in [3.63, 3.8) is 0 Å². The molecule has 2 aromatic carbocycles. The third-order valence-electron chi connectivity index (χ3n) is 4.34. The van der Waals surface area contributed by atoms with Crippen molar-refractivity contribution in [2.75, 3.05) is 0 Å². The van der Waals surface area contributed by atoms with Gasteiger partial charge in [0.15, 0.2) is 22.8 Å². The molecule has 3 aromatic rings. The summed E-state index contributed by atoms with van der Waals surface area (Å²) in [6.45, 7) is 14.1. The first kappa shape index (κ1) is 16.6. The van der Waals surface area contributed by atoms with Crippen LogP contribution in [0.25, 0.3) is 32.2 Å². The average Bonchev–Trinajstić information content (AvgIpc) is 3.05. The largest absolute Gasteiger partial charge is 0.238 e. The Balaban J connectivity index is 1.95. The van der Waals surface area contributed by atoms with Crippen LogP contribution in [0.4, 0.5) is 5.69 Å². The van der Waals surface area contributed by atoms with Crippen LogP contribution in [-0.2, 0) is 0 Å². The molecule has 0 aliphatic heterocycles. The number of rotatable bonds is 1. The molecule has 0 unspecified atom stereocenters. The highest BCUT2D eigenvalue weighted by Crippen LogP contribution is 2.38. The van der Waals surface area contributed by atoms with Crippen LogP contribution in [0.2, 0.25) is 0 Å². The molecule has 0 atom stereocenters. The molecular formula is C21H7N7. The Bertz CT molecular complexity index is 1340. The molecule has 0 fully saturated rings. The van der Waals surface area contributed by atoms with Gasteiger partial charge in [-0.25, -0.2) is 14.8 Å². The fraction of sp³-hybridized carbons (Fsp3) is 0. The summed E-state index contributed by atoms with van der Waals surface area (Å²) in [7, 11) is 0. The molecule has 4 rings (SSSR count). The van der Waals surface area contributed by atoms with Crippen LogP contribution in [0.1, 0.15) is 22.6 Å². The number of nitrogens with zero attached hydrogens (tertiary/aromatic N) is 7. The number of fused-ring (bicyclic) bond motifs is 3. The van der Waals surface area contributed by atoms with Gasteiger partial charge in [0.2, 0.25) is 0 Å². The molecule has 0 spiro atoms. The van der Waals surface area contributed by atoms with E-state index in [2.05, 4.69) is 24.9 Å². The highest BCUT2D eigenvalue weighted by atomic mass is 15.2. The maximum atomic E-state index is 9.27. The third-order valence-corrected chi connectivity index (χ3v) is 4.34. The zero-order chi connectivity index (χ0) is 19.7. The fourth-order valence-electron chi connectivity index (χ4n) is 3.08. The zero-order valence-electron chi connectivity index (χ0n) is 14.2. The highest BCUT2D eigenvalue weighted by molar-refractivity contribution is 6.23. The fourth-order valence-corrected chi connectivity index (χ4v) is 3.08. The molecule has 1 heterocycles. The molecule has 0 saturated heterocycles. The minimum absolute atomic E-state index is 0.0666. The lowest BCUT2D eigenvalue weighted by atomic mass is 9.99. The van der Waals surface area contributed by atoms with Crippen molar-refractivity contribution in [1.29, 1.82) is 10.5 Å².